The van der Waals surface area contributed by atoms with Gasteiger partial charge in [-0.2, -0.15) is 0 Å². The highest BCUT2D eigenvalue weighted by Gasteiger charge is 2.17. The molecule has 0 fully saturated rings. The molecule has 0 aliphatic heterocycles. The van der Waals surface area contributed by atoms with Crippen LogP contribution >= 0.6 is 11.8 Å². The largest absolute Gasteiger partial charge is 0.478 e. The molecule has 19 heavy (non-hydrogen) atoms. The molecular formula is C10H9FN4O3S. The summed E-state index contributed by atoms with van der Waals surface area (Å²) in [5, 5.41) is 15.3. The molecule has 2 N–H and O–H groups in total. The molecule has 2 heterocycles. The molecule has 0 radical (unpaired) electrons. The number of aromatic carboxylic acids is 1. The number of aromatic amines is 1. The van der Waals surface area contributed by atoms with Gasteiger partial charge in [0.15, 0.2) is 5.16 Å². The SMILES string of the molecule is CCn1c(Sc2ncc(F)cc2C(=O)O)n[nH]c1=O. The second-order valence-electron chi connectivity index (χ2n) is 3.47. The minimum Gasteiger partial charge on any atom is -0.478 e. The van der Waals surface area contributed by atoms with Crippen molar-refractivity contribution in [2.45, 2.75) is 23.7 Å². The van der Waals surface area contributed by atoms with E-state index in [4.69, 9.17) is 5.11 Å². The fourth-order valence-corrected chi connectivity index (χ4v) is 2.36. The molecule has 0 unspecified atom stereocenters. The highest BCUT2D eigenvalue weighted by atomic mass is 32.2. The topological polar surface area (TPSA) is 101 Å². The van der Waals surface area contributed by atoms with Crippen LogP contribution < -0.4 is 5.69 Å². The van der Waals surface area contributed by atoms with Crippen LogP contribution in [0.1, 0.15) is 17.3 Å². The third-order valence-corrected chi connectivity index (χ3v) is 3.29. The zero-order valence-electron chi connectivity index (χ0n) is 9.75. The first-order valence-corrected chi connectivity index (χ1v) is 6.06. The Bertz CT molecular complexity index is 682. The average molecular weight is 284 g/mol. The predicted molar refractivity (Wildman–Crippen MR) is 63.8 cm³/mol. The number of hydrogen-bond donors (Lipinski definition) is 2. The van der Waals surface area contributed by atoms with E-state index in [1.807, 2.05) is 0 Å². The lowest BCUT2D eigenvalue weighted by Gasteiger charge is -2.04. The van der Waals surface area contributed by atoms with Gasteiger partial charge in [-0.15, -0.1) is 5.10 Å². The third-order valence-electron chi connectivity index (χ3n) is 2.28. The van der Waals surface area contributed by atoms with E-state index in [9.17, 15) is 14.0 Å². The molecule has 0 aliphatic rings. The second kappa shape index (κ2) is 5.22. The fourth-order valence-electron chi connectivity index (χ4n) is 1.41. The normalized spacial score (nSPS) is 10.6. The summed E-state index contributed by atoms with van der Waals surface area (Å²) in [5.74, 6) is -2.04. The summed E-state index contributed by atoms with van der Waals surface area (Å²) in [5.41, 5.74) is -0.674. The maximum absolute atomic E-state index is 13.0. The maximum Gasteiger partial charge on any atom is 0.343 e. The molecule has 9 heteroatoms. The van der Waals surface area contributed by atoms with Crippen molar-refractivity contribution in [1.29, 1.82) is 0 Å². The Morgan fingerprint density at radius 3 is 3.00 bits per heavy atom. The van der Waals surface area contributed by atoms with E-state index in [1.165, 1.54) is 4.57 Å². The monoisotopic (exact) mass is 284 g/mol. The predicted octanol–water partition coefficient (Wildman–Crippen LogP) is 0.975. The molecule has 0 amide bonds. The molecule has 100 valence electrons. The number of rotatable bonds is 4. The van der Waals surface area contributed by atoms with Crippen LogP contribution in [0.3, 0.4) is 0 Å². The van der Waals surface area contributed by atoms with E-state index in [0.717, 1.165) is 24.0 Å². The van der Waals surface area contributed by atoms with Gasteiger partial charge in [0.2, 0.25) is 0 Å². The lowest BCUT2D eigenvalue weighted by Crippen LogP contribution is -2.16. The number of halogens is 1. The maximum atomic E-state index is 13.0. The highest BCUT2D eigenvalue weighted by molar-refractivity contribution is 7.99. The van der Waals surface area contributed by atoms with Crippen LogP contribution in [0.4, 0.5) is 4.39 Å². The Hall–Kier alpha value is -2.16. The summed E-state index contributed by atoms with van der Waals surface area (Å²) in [6.45, 7) is 2.12. The summed E-state index contributed by atoms with van der Waals surface area (Å²) in [6, 6.07) is 0.874. The van der Waals surface area contributed by atoms with Crippen molar-refractivity contribution < 1.29 is 14.3 Å². The van der Waals surface area contributed by atoms with E-state index in [2.05, 4.69) is 15.2 Å². The lowest BCUT2D eigenvalue weighted by atomic mass is 10.3. The number of nitrogens with one attached hydrogen (secondary N) is 1. The van der Waals surface area contributed by atoms with E-state index in [0.29, 0.717) is 6.54 Å². The first-order chi connectivity index (χ1) is 9.02. The number of nitrogens with zero attached hydrogens (tertiary/aromatic N) is 3. The second-order valence-corrected chi connectivity index (χ2v) is 4.43. The van der Waals surface area contributed by atoms with Gasteiger partial charge in [-0.25, -0.2) is 24.1 Å². The van der Waals surface area contributed by atoms with Gasteiger partial charge < -0.3 is 5.11 Å². The van der Waals surface area contributed by atoms with Crippen LogP contribution in [0.5, 0.6) is 0 Å². The van der Waals surface area contributed by atoms with Crippen molar-refractivity contribution in [3.8, 4) is 0 Å². The number of aromatic nitrogens is 4. The van der Waals surface area contributed by atoms with Crippen LogP contribution in [-0.4, -0.2) is 30.8 Å². The first kappa shape index (κ1) is 13.3. The number of H-pyrrole nitrogens is 1. The zero-order chi connectivity index (χ0) is 14.0. The molecule has 2 rings (SSSR count). The molecular weight excluding hydrogens is 275 g/mol. The van der Waals surface area contributed by atoms with Crippen LogP contribution in [0.15, 0.2) is 27.2 Å². The summed E-state index contributed by atoms with van der Waals surface area (Å²) < 4.78 is 14.3. The van der Waals surface area contributed by atoms with E-state index < -0.39 is 17.5 Å². The molecule has 0 saturated carbocycles. The van der Waals surface area contributed by atoms with Crippen LogP contribution in [0, 0.1) is 5.82 Å². The molecule has 0 aliphatic carbocycles. The van der Waals surface area contributed by atoms with Gasteiger partial charge in [0.05, 0.1) is 11.8 Å². The van der Waals surface area contributed by atoms with Gasteiger partial charge in [-0.1, -0.05) is 0 Å². The molecule has 0 atom stereocenters. The van der Waals surface area contributed by atoms with Gasteiger partial charge in [-0.3, -0.25) is 4.57 Å². The van der Waals surface area contributed by atoms with E-state index in [-0.39, 0.29) is 15.7 Å². The van der Waals surface area contributed by atoms with E-state index >= 15 is 0 Å². The van der Waals surface area contributed by atoms with Gasteiger partial charge >= 0.3 is 11.7 Å². The zero-order valence-corrected chi connectivity index (χ0v) is 10.6. The van der Waals surface area contributed by atoms with Crippen molar-refractivity contribution in [3.63, 3.8) is 0 Å². The number of carbonyl (C=O) groups is 1. The van der Waals surface area contributed by atoms with Gasteiger partial charge in [0, 0.05) is 6.54 Å². The van der Waals surface area contributed by atoms with Crippen LogP contribution in [0.2, 0.25) is 0 Å². The molecule has 2 aromatic heterocycles. The summed E-state index contributed by atoms with van der Waals surface area (Å²) in [7, 11) is 0. The van der Waals surface area contributed by atoms with Crippen LogP contribution in [0.25, 0.3) is 0 Å². The Morgan fingerprint density at radius 2 is 2.37 bits per heavy atom. The Kier molecular flexibility index (Phi) is 3.65. The third kappa shape index (κ3) is 2.65. The minimum atomic E-state index is -1.30. The van der Waals surface area contributed by atoms with Crippen LogP contribution in [-0.2, 0) is 6.54 Å². The molecule has 2 aromatic rings. The lowest BCUT2D eigenvalue weighted by molar-refractivity contribution is 0.0691. The standard InChI is InChI=1S/C10H9FN4O3S/c1-2-15-9(18)13-14-10(15)19-7-6(8(16)17)3-5(11)4-12-7/h3-4H,2H2,1H3,(H,13,18)(H,16,17). The summed E-state index contributed by atoms with van der Waals surface area (Å²) >= 11 is 0.885. The van der Waals surface area contributed by atoms with Crippen molar-refractivity contribution in [2.75, 3.05) is 0 Å². The van der Waals surface area contributed by atoms with Gasteiger partial charge in [0.25, 0.3) is 0 Å². The first-order valence-electron chi connectivity index (χ1n) is 5.24. The summed E-state index contributed by atoms with van der Waals surface area (Å²) in [4.78, 5) is 26.1. The quantitative estimate of drug-likeness (QED) is 0.867. The number of carboxylic acids is 1. The van der Waals surface area contributed by atoms with Crippen molar-refractivity contribution >= 4 is 17.7 Å². The fraction of sp³-hybridized carbons (Fsp3) is 0.200. The van der Waals surface area contributed by atoms with Crippen molar-refractivity contribution in [3.05, 3.63) is 34.1 Å². The molecule has 0 spiro atoms. The number of hydrogen-bond acceptors (Lipinski definition) is 5. The van der Waals surface area contributed by atoms with E-state index in [1.54, 1.807) is 6.92 Å². The molecule has 0 bridgehead atoms. The van der Waals surface area contributed by atoms with Crippen molar-refractivity contribution in [1.82, 2.24) is 19.7 Å². The molecule has 7 nitrogen and oxygen atoms in total. The van der Waals surface area contributed by atoms with Gasteiger partial charge in [0.1, 0.15) is 10.8 Å². The molecule has 0 aromatic carbocycles. The average Bonchev–Trinajstić information content (AvgIpc) is 2.71. The highest BCUT2D eigenvalue weighted by Crippen LogP contribution is 2.26. The number of pyridine rings is 1. The van der Waals surface area contributed by atoms with Gasteiger partial charge in [-0.05, 0) is 24.8 Å². The molecule has 0 saturated heterocycles. The van der Waals surface area contributed by atoms with Crippen molar-refractivity contribution in [2.24, 2.45) is 0 Å². The summed E-state index contributed by atoms with van der Waals surface area (Å²) in [6.07, 6.45) is 0.913. The Morgan fingerprint density at radius 1 is 1.63 bits per heavy atom. The minimum absolute atomic E-state index is 0.0719. The number of carboxylic acid groups (broad SMARTS) is 1. The smallest absolute Gasteiger partial charge is 0.343 e. The Balaban J connectivity index is 2.43. The Labute approximate surface area is 110 Å².